The van der Waals surface area contributed by atoms with E-state index in [1.807, 2.05) is 0 Å². The molecule has 16 heavy (non-hydrogen) atoms. The number of likely N-dealkylation sites (tertiary alicyclic amines) is 1. The summed E-state index contributed by atoms with van der Waals surface area (Å²) in [6.45, 7) is 10.1. The summed E-state index contributed by atoms with van der Waals surface area (Å²) in [6, 6.07) is 1.30. The van der Waals surface area contributed by atoms with Gasteiger partial charge in [-0.15, -0.1) is 0 Å². The number of hydrogen-bond donors (Lipinski definition) is 1. The Hall–Kier alpha value is -0.160. The van der Waals surface area contributed by atoms with Crippen molar-refractivity contribution in [1.82, 2.24) is 10.2 Å². The predicted octanol–water partition coefficient (Wildman–Crippen LogP) is 0.474. The SMILES string of the molecule is CC(C)N1CCC(NCC2COCCO2)C1. The molecule has 0 spiro atoms. The lowest BCUT2D eigenvalue weighted by Gasteiger charge is -2.25. The van der Waals surface area contributed by atoms with Crippen molar-refractivity contribution in [2.75, 3.05) is 39.5 Å². The number of nitrogens with zero attached hydrogens (tertiary/aromatic N) is 1. The van der Waals surface area contributed by atoms with Crippen LogP contribution in [0.5, 0.6) is 0 Å². The van der Waals surface area contributed by atoms with Crippen molar-refractivity contribution in [3.8, 4) is 0 Å². The van der Waals surface area contributed by atoms with Crippen molar-refractivity contribution in [3.63, 3.8) is 0 Å². The third-order valence-electron chi connectivity index (χ3n) is 3.47. The second kappa shape index (κ2) is 5.96. The van der Waals surface area contributed by atoms with Crippen molar-refractivity contribution in [2.24, 2.45) is 0 Å². The van der Waals surface area contributed by atoms with E-state index in [0.29, 0.717) is 12.1 Å². The van der Waals surface area contributed by atoms with E-state index in [0.717, 1.165) is 26.4 Å². The number of hydrogen-bond acceptors (Lipinski definition) is 4. The third-order valence-corrected chi connectivity index (χ3v) is 3.47. The fraction of sp³-hybridized carbons (Fsp3) is 1.00. The van der Waals surface area contributed by atoms with Crippen LogP contribution in [0.1, 0.15) is 20.3 Å². The summed E-state index contributed by atoms with van der Waals surface area (Å²) in [5, 5.41) is 3.59. The van der Waals surface area contributed by atoms with Gasteiger partial charge in [0.1, 0.15) is 0 Å². The highest BCUT2D eigenvalue weighted by Crippen LogP contribution is 2.12. The Morgan fingerprint density at radius 2 is 2.25 bits per heavy atom. The Morgan fingerprint density at radius 3 is 2.88 bits per heavy atom. The molecule has 0 bridgehead atoms. The van der Waals surface area contributed by atoms with Crippen LogP contribution in [-0.2, 0) is 9.47 Å². The lowest BCUT2D eigenvalue weighted by Crippen LogP contribution is -2.42. The number of nitrogens with one attached hydrogen (secondary N) is 1. The molecule has 4 nitrogen and oxygen atoms in total. The summed E-state index contributed by atoms with van der Waals surface area (Å²) >= 11 is 0. The van der Waals surface area contributed by atoms with Gasteiger partial charge >= 0.3 is 0 Å². The summed E-state index contributed by atoms with van der Waals surface area (Å²) in [4.78, 5) is 2.52. The van der Waals surface area contributed by atoms with Gasteiger partial charge in [0.25, 0.3) is 0 Å². The second-order valence-electron chi connectivity index (χ2n) is 5.05. The molecular weight excluding hydrogens is 204 g/mol. The Kier molecular flexibility index (Phi) is 4.58. The Balaban J connectivity index is 1.63. The van der Waals surface area contributed by atoms with Crippen LogP contribution in [0.15, 0.2) is 0 Å². The van der Waals surface area contributed by atoms with Crippen LogP contribution in [0.25, 0.3) is 0 Å². The van der Waals surface area contributed by atoms with Crippen LogP contribution < -0.4 is 5.32 Å². The highest BCUT2D eigenvalue weighted by molar-refractivity contribution is 4.83. The topological polar surface area (TPSA) is 33.7 Å². The first kappa shape index (κ1) is 12.3. The molecular formula is C12H24N2O2. The van der Waals surface area contributed by atoms with E-state index in [-0.39, 0.29) is 6.10 Å². The first-order valence-electron chi connectivity index (χ1n) is 6.42. The van der Waals surface area contributed by atoms with Gasteiger partial charge in [-0.1, -0.05) is 0 Å². The number of ether oxygens (including phenoxy) is 2. The molecule has 0 aliphatic carbocycles. The highest BCUT2D eigenvalue weighted by atomic mass is 16.6. The molecule has 2 unspecified atom stereocenters. The maximum atomic E-state index is 5.61. The lowest BCUT2D eigenvalue weighted by molar-refractivity contribution is -0.0869. The third kappa shape index (κ3) is 3.42. The molecule has 0 aromatic heterocycles. The van der Waals surface area contributed by atoms with E-state index in [1.165, 1.54) is 19.5 Å². The van der Waals surface area contributed by atoms with Gasteiger partial charge in [-0.25, -0.2) is 0 Å². The Morgan fingerprint density at radius 1 is 1.38 bits per heavy atom. The largest absolute Gasteiger partial charge is 0.376 e. The molecule has 0 amide bonds. The second-order valence-corrected chi connectivity index (χ2v) is 5.05. The van der Waals surface area contributed by atoms with E-state index < -0.39 is 0 Å². The molecule has 2 saturated heterocycles. The molecule has 2 aliphatic rings. The first-order valence-corrected chi connectivity index (χ1v) is 6.42. The minimum Gasteiger partial charge on any atom is -0.376 e. The van der Waals surface area contributed by atoms with Crippen LogP contribution in [-0.4, -0.2) is 62.5 Å². The van der Waals surface area contributed by atoms with Crippen LogP contribution >= 0.6 is 0 Å². The number of rotatable bonds is 4. The highest BCUT2D eigenvalue weighted by Gasteiger charge is 2.24. The standard InChI is InChI=1S/C12H24N2O2/c1-10(2)14-4-3-11(8-14)13-7-12-9-15-5-6-16-12/h10-13H,3-9H2,1-2H3. The van der Waals surface area contributed by atoms with Crippen molar-refractivity contribution in [3.05, 3.63) is 0 Å². The molecule has 2 heterocycles. The smallest absolute Gasteiger partial charge is 0.0933 e. The predicted molar refractivity (Wildman–Crippen MR) is 63.7 cm³/mol. The van der Waals surface area contributed by atoms with Crippen LogP contribution in [0, 0.1) is 0 Å². The molecule has 0 aromatic carbocycles. The zero-order valence-corrected chi connectivity index (χ0v) is 10.4. The van der Waals surface area contributed by atoms with Gasteiger partial charge in [0.15, 0.2) is 0 Å². The zero-order valence-electron chi connectivity index (χ0n) is 10.4. The molecule has 4 heteroatoms. The Labute approximate surface area is 98.3 Å². The van der Waals surface area contributed by atoms with Gasteiger partial charge in [0.05, 0.1) is 25.9 Å². The monoisotopic (exact) mass is 228 g/mol. The van der Waals surface area contributed by atoms with E-state index in [2.05, 4.69) is 24.1 Å². The summed E-state index contributed by atoms with van der Waals surface area (Å²) in [6.07, 6.45) is 1.51. The van der Waals surface area contributed by atoms with E-state index in [4.69, 9.17) is 9.47 Å². The average molecular weight is 228 g/mol. The lowest BCUT2D eigenvalue weighted by atomic mass is 10.2. The van der Waals surface area contributed by atoms with Gasteiger partial charge in [-0.3, -0.25) is 4.90 Å². The molecule has 0 saturated carbocycles. The quantitative estimate of drug-likeness (QED) is 0.758. The van der Waals surface area contributed by atoms with Crippen LogP contribution in [0.3, 0.4) is 0 Å². The van der Waals surface area contributed by atoms with Gasteiger partial charge in [0, 0.05) is 25.2 Å². The average Bonchev–Trinajstić information content (AvgIpc) is 2.76. The van der Waals surface area contributed by atoms with Crippen molar-refractivity contribution >= 4 is 0 Å². The summed E-state index contributed by atoms with van der Waals surface area (Å²) < 4.78 is 11.0. The van der Waals surface area contributed by atoms with E-state index >= 15 is 0 Å². The van der Waals surface area contributed by atoms with Gasteiger partial charge < -0.3 is 14.8 Å². The van der Waals surface area contributed by atoms with E-state index in [9.17, 15) is 0 Å². The van der Waals surface area contributed by atoms with E-state index in [1.54, 1.807) is 0 Å². The zero-order chi connectivity index (χ0) is 11.4. The van der Waals surface area contributed by atoms with Crippen molar-refractivity contribution < 1.29 is 9.47 Å². The summed E-state index contributed by atoms with van der Waals surface area (Å²) in [5.74, 6) is 0. The molecule has 0 aromatic rings. The molecule has 2 fully saturated rings. The summed E-state index contributed by atoms with van der Waals surface area (Å²) in [7, 11) is 0. The van der Waals surface area contributed by atoms with Gasteiger partial charge in [0.2, 0.25) is 0 Å². The normalized spacial score (nSPS) is 32.4. The minimum absolute atomic E-state index is 0.252. The van der Waals surface area contributed by atoms with Crippen molar-refractivity contribution in [2.45, 2.75) is 38.5 Å². The van der Waals surface area contributed by atoms with Gasteiger partial charge in [-0.2, -0.15) is 0 Å². The summed E-state index contributed by atoms with van der Waals surface area (Å²) in [5.41, 5.74) is 0. The molecule has 94 valence electrons. The maximum Gasteiger partial charge on any atom is 0.0933 e. The fourth-order valence-corrected chi connectivity index (χ4v) is 2.38. The van der Waals surface area contributed by atoms with Gasteiger partial charge in [-0.05, 0) is 26.8 Å². The molecule has 2 atom stereocenters. The molecule has 2 aliphatic heterocycles. The van der Waals surface area contributed by atoms with Crippen molar-refractivity contribution in [1.29, 1.82) is 0 Å². The van der Waals surface area contributed by atoms with Crippen LogP contribution in [0.2, 0.25) is 0 Å². The molecule has 0 radical (unpaired) electrons. The maximum absolute atomic E-state index is 5.61. The Bertz CT molecular complexity index is 205. The molecule has 2 rings (SSSR count). The molecule has 1 N–H and O–H groups in total. The first-order chi connectivity index (χ1) is 7.75. The van der Waals surface area contributed by atoms with Crippen LogP contribution in [0.4, 0.5) is 0 Å². The fourth-order valence-electron chi connectivity index (χ4n) is 2.38. The minimum atomic E-state index is 0.252.